The predicted octanol–water partition coefficient (Wildman–Crippen LogP) is 0.629. The van der Waals surface area contributed by atoms with Crippen LogP contribution in [-0.4, -0.2) is 46.7 Å². The van der Waals surface area contributed by atoms with E-state index in [9.17, 15) is 9.59 Å². The number of hydrogen-bond donors (Lipinski definition) is 1. The van der Waals surface area contributed by atoms with E-state index in [1.807, 2.05) is 6.92 Å². The maximum absolute atomic E-state index is 12.0. The van der Waals surface area contributed by atoms with Gasteiger partial charge in [-0.2, -0.15) is 0 Å². The molecular formula is C11H17NO4. The number of likely N-dealkylation sites (tertiary alicyclic amines) is 1. The lowest BCUT2D eigenvalue weighted by Gasteiger charge is -2.24. The number of amides is 1. The quantitative estimate of drug-likeness (QED) is 0.751. The highest BCUT2D eigenvalue weighted by atomic mass is 16.5. The number of nitrogens with zero attached hydrogens (tertiary/aromatic N) is 1. The minimum atomic E-state index is -0.906. The Balaban J connectivity index is 2.01. The number of carbonyl (C=O) groups is 2. The SMILES string of the molecule is CC1CCC(C(=O)N2CCC[C@@H]2C(=O)O)O1. The van der Waals surface area contributed by atoms with E-state index in [1.54, 1.807) is 0 Å². The third-order valence-electron chi connectivity index (χ3n) is 3.33. The minimum Gasteiger partial charge on any atom is -0.480 e. The Bertz CT molecular complexity index is 304. The van der Waals surface area contributed by atoms with Gasteiger partial charge in [0.2, 0.25) is 0 Å². The van der Waals surface area contributed by atoms with Crippen LogP contribution in [-0.2, 0) is 14.3 Å². The molecule has 2 saturated heterocycles. The molecule has 2 fully saturated rings. The van der Waals surface area contributed by atoms with Crippen molar-refractivity contribution < 1.29 is 19.4 Å². The number of carboxylic acid groups (broad SMARTS) is 1. The van der Waals surface area contributed by atoms with E-state index < -0.39 is 18.1 Å². The van der Waals surface area contributed by atoms with Crippen LogP contribution in [0.4, 0.5) is 0 Å². The average molecular weight is 227 g/mol. The second-order valence-electron chi connectivity index (χ2n) is 4.54. The predicted molar refractivity (Wildman–Crippen MR) is 55.9 cm³/mol. The van der Waals surface area contributed by atoms with E-state index in [0.717, 1.165) is 12.8 Å². The topological polar surface area (TPSA) is 66.8 Å². The van der Waals surface area contributed by atoms with Gasteiger partial charge in [-0.3, -0.25) is 4.79 Å². The Morgan fingerprint density at radius 3 is 2.62 bits per heavy atom. The van der Waals surface area contributed by atoms with E-state index in [-0.39, 0.29) is 12.0 Å². The van der Waals surface area contributed by atoms with Gasteiger partial charge in [-0.1, -0.05) is 0 Å². The average Bonchev–Trinajstić information content (AvgIpc) is 2.84. The van der Waals surface area contributed by atoms with Crippen molar-refractivity contribution in [3.8, 4) is 0 Å². The Morgan fingerprint density at radius 2 is 2.06 bits per heavy atom. The van der Waals surface area contributed by atoms with Gasteiger partial charge >= 0.3 is 5.97 Å². The molecule has 5 heteroatoms. The van der Waals surface area contributed by atoms with Crippen LogP contribution < -0.4 is 0 Å². The van der Waals surface area contributed by atoms with E-state index in [1.165, 1.54) is 4.90 Å². The van der Waals surface area contributed by atoms with Gasteiger partial charge in [-0.25, -0.2) is 4.79 Å². The van der Waals surface area contributed by atoms with Crippen LogP contribution in [0.5, 0.6) is 0 Å². The molecule has 2 unspecified atom stereocenters. The number of aliphatic carboxylic acids is 1. The van der Waals surface area contributed by atoms with Crippen LogP contribution in [0.1, 0.15) is 32.6 Å². The largest absolute Gasteiger partial charge is 0.480 e. The van der Waals surface area contributed by atoms with Gasteiger partial charge in [-0.05, 0) is 32.6 Å². The van der Waals surface area contributed by atoms with Gasteiger partial charge in [0.05, 0.1) is 6.10 Å². The van der Waals surface area contributed by atoms with Crippen LogP contribution in [0.15, 0.2) is 0 Å². The Morgan fingerprint density at radius 1 is 1.31 bits per heavy atom. The molecule has 2 heterocycles. The molecule has 0 aromatic heterocycles. The fraction of sp³-hybridized carbons (Fsp3) is 0.818. The Labute approximate surface area is 94.4 Å². The highest BCUT2D eigenvalue weighted by Gasteiger charge is 2.39. The Hall–Kier alpha value is -1.10. The van der Waals surface area contributed by atoms with Crippen LogP contribution in [0.25, 0.3) is 0 Å². The summed E-state index contributed by atoms with van der Waals surface area (Å²) in [5.41, 5.74) is 0. The zero-order chi connectivity index (χ0) is 11.7. The lowest BCUT2D eigenvalue weighted by atomic mass is 10.1. The van der Waals surface area contributed by atoms with Crippen LogP contribution in [0, 0.1) is 0 Å². The molecule has 0 aromatic carbocycles. The van der Waals surface area contributed by atoms with Crippen molar-refractivity contribution in [2.75, 3.05) is 6.54 Å². The lowest BCUT2D eigenvalue weighted by Crippen LogP contribution is -2.45. The van der Waals surface area contributed by atoms with E-state index >= 15 is 0 Å². The molecule has 16 heavy (non-hydrogen) atoms. The summed E-state index contributed by atoms with van der Waals surface area (Å²) in [4.78, 5) is 24.5. The maximum Gasteiger partial charge on any atom is 0.326 e. The fourth-order valence-corrected chi connectivity index (χ4v) is 2.46. The molecule has 0 bridgehead atoms. The summed E-state index contributed by atoms with van der Waals surface area (Å²) in [5, 5.41) is 8.99. The first-order chi connectivity index (χ1) is 7.59. The van der Waals surface area contributed by atoms with E-state index in [2.05, 4.69) is 0 Å². The van der Waals surface area contributed by atoms with Gasteiger partial charge in [0.1, 0.15) is 12.1 Å². The summed E-state index contributed by atoms with van der Waals surface area (Å²) >= 11 is 0. The molecule has 2 aliphatic heterocycles. The second kappa shape index (κ2) is 4.41. The molecule has 1 N–H and O–H groups in total. The summed E-state index contributed by atoms with van der Waals surface area (Å²) in [6.45, 7) is 2.48. The van der Waals surface area contributed by atoms with Crippen molar-refractivity contribution in [2.45, 2.75) is 50.9 Å². The number of rotatable bonds is 2. The summed E-state index contributed by atoms with van der Waals surface area (Å²) < 4.78 is 5.48. The normalized spacial score (nSPS) is 34.3. The molecule has 2 rings (SSSR count). The number of ether oxygens (including phenoxy) is 1. The summed E-state index contributed by atoms with van der Waals surface area (Å²) in [5.74, 6) is -1.05. The monoisotopic (exact) mass is 227 g/mol. The van der Waals surface area contributed by atoms with Gasteiger partial charge in [0.25, 0.3) is 5.91 Å². The molecule has 0 radical (unpaired) electrons. The molecule has 3 atom stereocenters. The fourth-order valence-electron chi connectivity index (χ4n) is 2.46. The molecule has 0 spiro atoms. The van der Waals surface area contributed by atoms with E-state index in [4.69, 9.17) is 9.84 Å². The van der Waals surface area contributed by atoms with Crippen molar-refractivity contribution in [1.29, 1.82) is 0 Å². The zero-order valence-electron chi connectivity index (χ0n) is 9.39. The first-order valence-electron chi connectivity index (χ1n) is 5.78. The van der Waals surface area contributed by atoms with Crippen LogP contribution >= 0.6 is 0 Å². The van der Waals surface area contributed by atoms with Gasteiger partial charge < -0.3 is 14.7 Å². The highest BCUT2D eigenvalue weighted by Crippen LogP contribution is 2.25. The maximum atomic E-state index is 12.0. The third-order valence-corrected chi connectivity index (χ3v) is 3.33. The smallest absolute Gasteiger partial charge is 0.326 e. The lowest BCUT2D eigenvalue weighted by molar-refractivity contribution is -0.153. The number of carboxylic acids is 1. The molecule has 0 aliphatic carbocycles. The first-order valence-corrected chi connectivity index (χ1v) is 5.78. The molecule has 2 aliphatic rings. The van der Waals surface area contributed by atoms with E-state index in [0.29, 0.717) is 19.4 Å². The molecule has 0 aromatic rings. The van der Waals surface area contributed by atoms with Crippen LogP contribution in [0.2, 0.25) is 0 Å². The minimum absolute atomic E-state index is 0.111. The van der Waals surface area contributed by atoms with Crippen molar-refractivity contribution >= 4 is 11.9 Å². The number of hydrogen-bond acceptors (Lipinski definition) is 3. The summed E-state index contributed by atoms with van der Waals surface area (Å²) in [6.07, 6.45) is 2.61. The highest BCUT2D eigenvalue weighted by molar-refractivity contribution is 5.87. The Kier molecular flexibility index (Phi) is 3.14. The summed E-state index contributed by atoms with van der Waals surface area (Å²) in [6, 6.07) is -0.646. The van der Waals surface area contributed by atoms with Gasteiger partial charge in [0.15, 0.2) is 0 Å². The van der Waals surface area contributed by atoms with Crippen molar-refractivity contribution in [2.24, 2.45) is 0 Å². The molecule has 0 saturated carbocycles. The molecule has 90 valence electrons. The zero-order valence-corrected chi connectivity index (χ0v) is 9.39. The van der Waals surface area contributed by atoms with Crippen molar-refractivity contribution in [1.82, 2.24) is 4.90 Å². The standard InChI is InChI=1S/C11H17NO4/c1-7-4-5-9(16-7)10(13)12-6-2-3-8(12)11(14)15/h7-9H,2-6H2,1H3,(H,14,15)/t7?,8-,9?/m1/s1. The molecular weight excluding hydrogens is 210 g/mol. The van der Waals surface area contributed by atoms with Gasteiger partial charge in [-0.15, -0.1) is 0 Å². The van der Waals surface area contributed by atoms with Crippen molar-refractivity contribution in [3.05, 3.63) is 0 Å². The van der Waals surface area contributed by atoms with Crippen LogP contribution in [0.3, 0.4) is 0 Å². The molecule has 5 nitrogen and oxygen atoms in total. The van der Waals surface area contributed by atoms with Gasteiger partial charge in [0, 0.05) is 6.54 Å². The summed E-state index contributed by atoms with van der Waals surface area (Å²) in [7, 11) is 0. The van der Waals surface area contributed by atoms with Crippen molar-refractivity contribution in [3.63, 3.8) is 0 Å². The molecule has 1 amide bonds. The first kappa shape index (κ1) is 11.4. The number of carbonyl (C=O) groups excluding carboxylic acids is 1. The third kappa shape index (κ3) is 2.04. The second-order valence-corrected chi connectivity index (χ2v) is 4.54.